The van der Waals surface area contributed by atoms with Gasteiger partial charge in [-0.05, 0) is 20.2 Å². The molecule has 0 aliphatic heterocycles. The minimum Gasteiger partial charge on any atom is -0.480 e. The quantitative estimate of drug-likeness (QED) is 0.833. The molecule has 0 spiro atoms. The molecule has 0 radical (unpaired) electrons. The summed E-state index contributed by atoms with van der Waals surface area (Å²) in [4.78, 5) is 28.6. The number of aromatic nitrogens is 1. The summed E-state index contributed by atoms with van der Waals surface area (Å²) in [6.45, 7) is 0.481. The molecule has 1 amide bonds. The molecule has 0 aliphatic rings. The lowest BCUT2D eigenvalue weighted by Crippen LogP contribution is -2.40. The normalized spacial score (nSPS) is 10.8. The first-order valence-corrected chi connectivity index (χ1v) is 6.26. The van der Waals surface area contributed by atoms with Gasteiger partial charge < -0.3 is 19.9 Å². The second-order valence-electron chi connectivity index (χ2n) is 4.27. The SMILES string of the molecule is CN(C)CCN(CC(=O)O)C(=O)c1cc(Cl)c(Cl)[nH]1. The summed E-state index contributed by atoms with van der Waals surface area (Å²) >= 11 is 11.5. The second-order valence-corrected chi connectivity index (χ2v) is 5.05. The summed E-state index contributed by atoms with van der Waals surface area (Å²) in [7, 11) is 3.68. The number of carboxylic acid groups (broad SMARTS) is 1. The monoisotopic (exact) mass is 307 g/mol. The Balaban J connectivity index is 2.83. The van der Waals surface area contributed by atoms with Crippen LogP contribution in [0.25, 0.3) is 0 Å². The fourth-order valence-electron chi connectivity index (χ4n) is 1.43. The van der Waals surface area contributed by atoms with Crippen LogP contribution in [0.5, 0.6) is 0 Å². The first-order chi connectivity index (χ1) is 8.81. The third-order valence-electron chi connectivity index (χ3n) is 2.39. The van der Waals surface area contributed by atoms with E-state index in [2.05, 4.69) is 4.98 Å². The number of rotatable bonds is 6. The van der Waals surface area contributed by atoms with Gasteiger partial charge in [-0.25, -0.2) is 0 Å². The number of carbonyl (C=O) groups excluding carboxylic acids is 1. The fourth-order valence-corrected chi connectivity index (χ4v) is 1.74. The van der Waals surface area contributed by atoms with Crippen LogP contribution < -0.4 is 0 Å². The fraction of sp³-hybridized carbons (Fsp3) is 0.455. The largest absolute Gasteiger partial charge is 0.480 e. The highest BCUT2D eigenvalue weighted by Crippen LogP contribution is 2.22. The standard InChI is InChI=1S/C11H15Cl2N3O3/c1-15(2)3-4-16(6-9(17)18)11(19)8-5-7(12)10(13)14-8/h5,14H,3-4,6H2,1-2H3,(H,17,18). The van der Waals surface area contributed by atoms with Crippen LogP contribution in [0, 0.1) is 0 Å². The van der Waals surface area contributed by atoms with Crippen LogP contribution in [0.3, 0.4) is 0 Å². The van der Waals surface area contributed by atoms with Gasteiger partial charge in [0.25, 0.3) is 5.91 Å². The number of hydrogen-bond acceptors (Lipinski definition) is 3. The molecule has 0 unspecified atom stereocenters. The summed E-state index contributed by atoms with van der Waals surface area (Å²) in [5.41, 5.74) is 0.176. The summed E-state index contributed by atoms with van der Waals surface area (Å²) in [6.07, 6.45) is 0. The maximum absolute atomic E-state index is 12.2. The number of nitrogens with one attached hydrogen (secondary N) is 1. The van der Waals surface area contributed by atoms with Gasteiger partial charge in [-0.3, -0.25) is 9.59 Å². The van der Waals surface area contributed by atoms with Gasteiger partial charge >= 0.3 is 5.97 Å². The Morgan fingerprint density at radius 3 is 2.37 bits per heavy atom. The zero-order valence-electron chi connectivity index (χ0n) is 10.6. The molecule has 8 heteroatoms. The summed E-state index contributed by atoms with van der Waals surface area (Å²) in [5.74, 6) is -1.52. The molecule has 0 saturated heterocycles. The van der Waals surface area contributed by atoms with Crippen molar-refractivity contribution in [3.63, 3.8) is 0 Å². The number of likely N-dealkylation sites (N-methyl/N-ethyl adjacent to an activating group) is 1. The van der Waals surface area contributed by atoms with Crippen molar-refractivity contribution in [1.29, 1.82) is 0 Å². The third kappa shape index (κ3) is 4.74. The molecule has 0 bridgehead atoms. The van der Waals surface area contributed by atoms with Crippen molar-refractivity contribution < 1.29 is 14.7 Å². The Kier molecular flexibility index (Phi) is 5.65. The number of halogens is 2. The first kappa shape index (κ1) is 15.8. The number of H-pyrrole nitrogens is 1. The number of hydrogen-bond donors (Lipinski definition) is 2. The van der Waals surface area contributed by atoms with Crippen LogP contribution in [0.15, 0.2) is 6.07 Å². The molecule has 0 atom stereocenters. The Bertz CT molecular complexity index is 454. The molecule has 0 saturated carbocycles. The number of aliphatic carboxylic acids is 1. The average molecular weight is 308 g/mol. The molecular formula is C11H15Cl2N3O3. The summed E-state index contributed by atoms with van der Waals surface area (Å²) in [5, 5.41) is 9.22. The van der Waals surface area contributed by atoms with Crippen LogP contribution >= 0.6 is 23.2 Å². The molecule has 0 fully saturated rings. The molecule has 1 aromatic heterocycles. The van der Waals surface area contributed by atoms with Gasteiger partial charge in [0.15, 0.2) is 0 Å². The van der Waals surface area contributed by atoms with Gasteiger partial charge in [0.1, 0.15) is 17.4 Å². The molecule has 1 rings (SSSR count). The van der Waals surface area contributed by atoms with Crippen molar-refractivity contribution in [3.8, 4) is 0 Å². The van der Waals surface area contributed by atoms with Gasteiger partial charge in [-0.2, -0.15) is 0 Å². The van der Waals surface area contributed by atoms with Gasteiger partial charge in [-0.1, -0.05) is 23.2 Å². The molecule has 19 heavy (non-hydrogen) atoms. The van der Waals surface area contributed by atoms with Gasteiger partial charge in [0.05, 0.1) is 5.02 Å². The van der Waals surface area contributed by atoms with Crippen LogP contribution in [0.1, 0.15) is 10.5 Å². The van der Waals surface area contributed by atoms with Crippen molar-refractivity contribution in [1.82, 2.24) is 14.8 Å². The Labute approximate surface area is 120 Å². The smallest absolute Gasteiger partial charge is 0.323 e. The molecular weight excluding hydrogens is 293 g/mol. The lowest BCUT2D eigenvalue weighted by Gasteiger charge is -2.22. The highest BCUT2D eigenvalue weighted by atomic mass is 35.5. The van der Waals surface area contributed by atoms with E-state index < -0.39 is 11.9 Å². The maximum atomic E-state index is 12.2. The Morgan fingerprint density at radius 1 is 1.32 bits per heavy atom. The van der Waals surface area contributed by atoms with Gasteiger partial charge in [0, 0.05) is 13.1 Å². The Morgan fingerprint density at radius 2 is 1.95 bits per heavy atom. The van der Waals surface area contributed by atoms with E-state index in [1.165, 1.54) is 11.0 Å². The average Bonchev–Trinajstić information content (AvgIpc) is 2.63. The molecule has 1 heterocycles. The molecule has 6 nitrogen and oxygen atoms in total. The number of carbonyl (C=O) groups is 2. The minimum atomic E-state index is -1.07. The van der Waals surface area contributed by atoms with E-state index in [4.69, 9.17) is 28.3 Å². The van der Waals surface area contributed by atoms with E-state index in [1.807, 2.05) is 19.0 Å². The van der Waals surface area contributed by atoms with E-state index in [1.54, 1.807) is 0 Å². The second kappa shape index (κ2) is 6.79. The highest BCUT2D eigenvalue weighted by molar-refractivity contribution is 6.41. The van der Waals surface area contributed by atoms with Gasteiger partial charge in [0.2, 0.25) is 0 Å². The van der Waals surface area contributed by atoms with E-state index in [9.17, 15) is 9.59 Å². The number of carboxylic acids is 1. The zero-order chi connectivity index (χ0) is 14.6. The summed E-state index contributed by atoms with van der Waals surface area (Å²) in [6, 6.07) is 1.39. The molecule has 0 aliphatic carbocycles. The number of amides is 1. The van der Waals surface area contributed by atoms with Crippen molar-refractivity contribution in [2.24, 2.45) is 0 Å². The predicted octanol–water partition coefficient (Wildman–Crippen LogP) is 1.41. The third-order valence-corrected chi connectivity index (χ3v) is 3.08. The number of nitrogens with zero attached hydrogens (tertiary/aromatic N) is 2. The van der Waals surface area contributed by atoms with Crippen molar-refractivity contribution in [3.05, 3.63) is 21.9 Å². The van der Waals surface area contributed by atoms with E-state index in [0.29, 0.717) is 13.1 Å². The molecule has 0 aromatic carbocycles. The topological polar surface area (TPSA) is 76.6 Å². The Hall–Kier alpha value is -1.24. The first-order valence-electron chi connectivity index (χ1n) is 5.51. The lowest BCUT2D eigenvalue weighted by atomic mass is 10.3. The van der Waals surface area contributed by atoms with Crippen LogP contribution in [0.4, 0.5) is 0 Å². The van der Waals surface area contributed by atoms with Crippen LogP contribution in [-0.4, -0.2) is 65.5 Å². The summed E-state index contributed by atoms with van der Waals surface area (Å²) < 4.78 is 0. The van der Waals surface area contributed by atoms with Crippen LogP contribution in [0.2, 0.25) is 10.2 Å². The van der Waals surface area contributed by atoms with Crippen molar-refractivity contribution in [2.45, 2.75) is 0 Å². The van der Waals surface area contributed by atoms with Gasteiger partial charge in [-0.15, -0.1) is 0 Å². The zero-order valence-corrected chi connectivity index (χ0v) is 12.1. The molecule has 106 valence electrons. The molecule has 2 N–H and O–H groups in total. The number of aromatic amines is 1. The van der Waals surface area contributed by atoms with Crippen molar-refractivity contribution in [2.75, 3.05) is 33.7 Å². The highest BCUT2D eigenvalue weighted by Gasteiger charge is 2.21. The maximum Gasteiger partial charge on any atom is 0.323 e. The van der Waals surface area contributed by atoms with E-state index in [0.717, 1.165) is 0 Å². The van der Waals surface area contributed by atoms with E-state index >= 15 is 0 Å². The predicted molar refractivity (Wildman–Crippen MR) is 72.9 cm³/mol. The minimum absolute atomic E-state index is 0.160. The van der Waals surface area contributed by atoms with E-state index in [-0.39, 0.29) is 22.4 Å². The van der Waals surface area contributed by atoms with Crippen molar-refractivity contribution >= 4 is 35.1 Å². The molecule has 1 aromatic rings. The lowest BCUT2D eigenvalue weighted by molar-refractivity contribution is -0.137. The van der Waals surface area contributed by atoms with Crippen LogP contribution in [-0.2, 0) is 4.79 Å².